The van der Waals surface area contributed by atoms with Crippen molar-refractivity contribution in [3.05, 3.63) is 12.2 Å². The van der Waals surface area contributed by atoms with Crippen LogP contribution in [0, 0.1) is 0 Å². The van der Waals surface area contributed by atoms with Crippen LogP contribution >= 0.6 is 0 Å². The zero-order valence-corrected chi connectivity index (χ0v) is 19.3. The number of cyclic esters (lactones) is 1. The molecule has 0 spiro atoms. The summed E-state index contributed by atoms with van der Waals surface area (Å²) in [6.07, 6.45) is 5.98. The summed E-state index contributed by atoms with van der Waals surface area (Å²) in [5.41, 5.74) is 0. The summed E-state index contributed by atoms with van der Waals surface area (Å²) in [5.74, 6) is -0.831. The molecule has 27 heavy (non-hydrogen) atoms. The zero-order chi connectivity index (χ0) is 20.5. The minimum absolute atomic E-state index is 0.0717. The molecule has 0 aromatic carbocycles. The fourth-order valence-corrected chi connectivity index (χ4v) is 4.62. The van der Waals surface area contributed by atoms with Crippen molar-refractivity contribution in [3.8, 4) is 0 Å². The van der Waals surface area contributed by atoms with E-state index in [9.17, 15) is 4.79 Å². The summed E-state index contributed by atoms with van der Waals surface area (Å²) < 4.78 is 24.5. The van der Waals surface area contributed by atoms with Crippen molar-refractivity contribution in [1.29, 1.82) is 0 Å². The van der Waals surface area contributed by atoms with Crippen LogP contribution in [0.5, 0.6) is 0 Å². The van der Waals surface area contributed by atoms with Crippen molar-refractivity contribution >= 4 is 14.3 Å². The molecule has 0 aliphatic carbocycles. The molecule has 0 amide bonds. The molecule has 2 rings (SSSR count). The summed E-state index contributed by atoms with van der Waals surface area (Å²) in [4.78, 5) is 12.6. The van der Waals surface area contributed by atoms with Gasteiger partial charge in [0.2, 0.25) is 0 Å². The fourth-order valence-electron chi connectivity index (χ4n) is 3.35. The van der Waals surface area contributed by atoms with Gasteiger partial charge in [0.1, 0.15) is 12.2 Å². The number of carbonyl (C=O) groups excluding carboxylic acids is 1. The quantitative estimate of drug-likeness (QED) is 0.381. The molecule has 2 heterocycles. The van der Waals surface area contributed by atoms with Crippen molar-refractivity contribution in [2.45, 2.75) is 116 Å². The van der Waals surface area contributed by atoms with Gasteiger partial charge in [-0.15, -0.1) is 0 Å². The molecule has 0 saturated carbocycles. The maximum atomic E-state index is 12.6. The first-order valence-electron chi connectivity index (χ1n) is 10.2. The van der Waals surface area contributed by atoms with E-state index in [2.05, 4.69) is 40.8 Å². The second kappa shape index (κ2) is 8.35. The highest BCUT2D eigenvalue weighted by Crippen LogP contribution is 2.38. The van der Waals surface area contributed by atoms with E-state index in [0.29, 0.717) is 6.42 Å². The van der Waals surface area contributed by atoms with Crippen LogP contribution < -0.4 is 0 Å². The molecular weight excluding hydrogens is 360 g/mol. The lowest BCUT2D eigenvalue weighted by molar-refractivity contribution is -0.156. The lowest BCUT2D eigenvalue weighted by Crippen LogP contribution is -2.44. The van der Waals surface area contributed by atoms with Crippen LogP contribution in [-0.4, -0.2) is 44.5 Å². The van der Waals surface area contributed by atoms with E-state index in [-0.39, 0.29) is 41.8 Å². The first kappa shape index (κ1) is 22.6. The Morgan fingerprint density at radius 2 is 1.89 bits per heavy atom. The first-order chi connectivity index (χ1) is 12.3. The lowest BCUT2D eigenvalue weighted by Gasteiger charge is -2.38. The predicted octanol–water partition coefficient (Wildman–Crippen LogP) is 4.96. The molecule has 1 fully saturated rings. The summed E-state index contributed by atoms with van der Waals surface area (Å²) >= 11 is 0. The molecule has 0 radical (unpaired) electrons. The first-order valence-corrected chi connectivity index (χ1v) is 13.1. The van der Waals surface area contributed by atoms with Crippen LogP contribution in [0.15, 0.2) is 12.2 Å². The molecule has 5 nitrogen and oxygen atoms in total. The third-order valence-electron chi connectivity index (χ3n) is 5.76. The highest BCUT2D eigenvalue weighted by molar-refractivity contribution is 6.74. The van der Waals surface area contributed by atoms with Crippen molar-refractivity contribution < 1.29 is 23.4 Å². The molecule has 0 aromatic heterocycles. The molecule has 0 N–H and O–H groups in total. The SMILES string of the molecule is CCCC1C[C@@H]2OC(C)(C)O[C@H]2/C=C/[C@@H](O[Si](C)(C)C(C)(C)C)CC(=O)O1. The lowest BCUT2D eigenvalue weighted by atomic mass is 10.0. The van der Waals surface area contributed by atoms with Crippen LogP contribution in [0.25, 0.3) is 0 Å². The van der Waals surface area contributed by atoms with Crippen molar-refractivity contribution in [2.75, 3.05) is 0 Å². The van der Waals surface area contributed by atoms with Gasteiger partial charge in [-0.2, -0.15) is 0 Å². The summed E-state index contributed by atoms with van der Waals surface area (Å²) in [5, 5.41) is 0.0717. The number of fused-ring (bicyclic) bond motifs is 1. The number of carbonyl (C=O) groups is 1. The number of esters is 1. The van der Waals surface area contributed by atoms with Gasteiger partial charge in [-0.1, -0.05) is 46.3 Å². The van der Waals surface area contributed by atoms with E-state index < -0.39 is 14.1 Å². The molecule has 6 heteroatoms. The maximum absolute atomic E-state index is 12.6. The van der Waals surface area contributed by atoms with Crippen molar-refractivity contribution in [2.24, 2.45) is 0 Å². The normalized spacial score (nSPS) is 33.3. The van der Waals surface area contributed by atoms with Crippen LogP contribution in [0.3, 0.4) is 0 Å². The molecule has 0 bridgehead atoms. The predicted molar refractivity (Wildman–Crippen MR) is 109 cm³/mol. The number of hydrogen-bond donors (Lipinski definition) is 0. The highest BCUT2D eigenvalue weighted by Gasteiger charge is 2.43. The standard InChI is InChI=1S/C21H38O5Si/c1-9-10-15-13-18-17(24-21(5,6)25-18)12-11-16(14-19(22)23-15)26-27(7,8)20(2,3)4/h11-12,15-18H,9-10,13-14H2,1-8H3/b12-11+/t15?,16-,17+,18+/m1/s1. The van der Waals surface area contributed by atoms with Crippen molar-refractivity contribution in [3.63, 3.8) is 0 Å². The topological polar surface area (TPSA) is 54.0 Å². The molecule has 4 atom stereocenters. The smallest absolute Gasteiger partial charge is 0.308 e. The Morgan fingerprint density at radius 1 is 1.22 bits per heavy atom. The Bertz CT molecular complexity index is 549. The van der Waals surface area contributed by atoms with E-state index in [1.165, 1.54) is 0 Å². The number of ether oxygens (including phenoxy) is 3. The second-order valence-electron chi connectivity index (χ2n) is 9.78. The van der Waals surface area contributed by atoms with E-state index in [1.54, 1.807) is 0 Å². The largest absolute Gasteiger partial charge is 0.462 e. The molecule has 1 saturated heterocycles. The van der Waals surface area contributed by atoms with Gasteiger partial charge < -0.3 is 18.6 Å². The molecule has 156 valence electrons. The zero-order valence-electron chi connectivity index (χ0n) is 18.3. The van der Waals surface area contributed by atoms with Crippen LogP contribution in [0.2, 0.25) is 18.1 Å². The van der Waals surface area contributed by atoms with Gasteiger partial charge in [0, 0.05) is 6.42 Å². The fraction of sp³-hybridized carbons (Fsp3) is 0.857. The number of rotatable bonds is 4. The Hall–Kier alpha value is -0.693. The average Bonchev–Trinajstić information content (AvgIpc) is 2.77. The third-order valence-corrected chi connectivity index (χ3v) is 10.3. The van der Waals surface area contributed by atoms with E-state index in [4.69, 9.17) is 18.6 Å². The third kappa shape index (κ3) is 6.14. The Kier molecular flexibility index (Phi) is 6.99. The molecule has 2 aliphatic rings. The molecule has 1 unspecified atom stereocenters. The van der Waals surface area contributed by atoms with Crippen LogP contribution in [0.4, 0.5) is 0 Å². The average molecular weight is 399 g/mol. The van der Waals surface area contributed by atoms with Gasteiger partial charge in [-0.05, 0) is 38.4 Å². The van der Waals surface area contributed by atoms with Gasteiger partial charge in [0.05, 0.1) is 18.6 Å². The molecular formula is C21H38O5Si. The Morgan fingerprint density at radius 3 is 2.48 bits per heavy atom. The minimum atomic E-state index is -2.01. The number of hydrogen-bond acceptors (Lipinski definition) is 5. The monoisotopic (exact) mass is 398 g/mol. The summed E-state index contributed by atoms with van der Waals surface area (Å²) in [7, 11) is -2.01. The minimum Gasteiger partial charge on any atom is -0.462 e. The Labute approximate surface area is 165 Å². The van der Waals surface area contributed by atoms with Gasteiger partial charge in [0.15, 0.2) is 14.1 Å². The summed E-state index contributed by atoms with van der Waals surface area (Å²) in [6.45, 7) is 17.0. The Balaban J connectivity index is 2.25. The van der Waals surface area contributed by atoms with Gasteiger partial charge >= 0.3 is 5.97 Å². The van der Waals surface area contributed by atoms with Crippen molar-refractivity contribution in [1.82, 2.24) is 0 Å². The molecule has 0 aromatic rings. The van der Waals surface area contributed by atoms with Gasteiger partial charge in [-0.3, -0.25) is 4.79 Å². The second-order valence-corrected chi connectivity index (χ2v) is 14.5. The summed E-state index contributed by atoms with van der Waals surface area (Å²) in [6, 6.07) is 0. The maximum Gasteiger partial charge on any atom is 0.308 e. The highest BCUT2D eigenvalue weighted by atomic mass is 28.4. The van der Waals surface area contributed by atoms with Gasteiger partial charge in [0.25, 0.3) is 0 Å². The van der Waals surface area contributed by atoms with E-state index >= 15 is 0 Å². The van der Waals surface area contributed by atoms with Gasteiger partial charge in [-0.25, -0.2) is 0 Å². The molecule has 2 aliphatic heterocycles. The van der Waals surface area contributed by atoms with Crippen LogP contribution in [-0.2, 0) is 23.4 Å². The van der Waals surface area contributed by atoms with E-state index in [1.807, 2.05) is 26.0 Å². The van der Waals surface area contributed by atoms with E-state index in [0.717, 1.165) is 12.8 Å². The van der Waals surface area contributed by atoms with Crippen LogP contribution in [0.1, 0.15) is 67.2 Å².